The second-order valence-corrected chi connectivity index (χ2v) is 5.58. The molecule has 3 fully saturated rings. The Labute approximate surface area is 91.4 Å². The van der Waals surface area contributed by atoms with Crippen molar-refractivity contribution in [1.82, 2.24) is 0 Å². The zero-order valence-corrected chi connectivity index (χ0v) is 9.45. The molecular weight excluding hydrogens is 188 g/mol. The molecule has 0 saturated heterocycles. The van der Waals surface area contributed by atoms with Gasteiger partial charge in [0.15, 0.2) is 0 Å². The second kappa shape index (κ2) is 3.58. The van der Waals surface area contributed by atoms with Gasteiger partial charge in [0.25, 0.3) is 0 Å². The summed E-state index contributed by atoms with van der Waals surface area (Å²) in [4.78, 5) is 12.0. The normalized spacial score (nSPS) is 45.5. The molecule has 0 N–H and O–H groups in total. The minimum absolute atomic E-state index is 0.480. The zero-order valence-electron chi connectivity index (χ0n) is 9.45. The van der Waals surface area contributed by atoms with Gasteiger partial charge in [-0.2, -0.15) is 0 Å². The van der Waals surface area contributed by atoms with Gasteiger partial charge in [-0.1, -0.05) is 0 Å². The number of fused-ring (bicyclic) bond motifs is 5. The third-order valence-corrected chi connectivity index (χ3v) is 4.88. The van der Waals surface area contributed by atoms with Crippen molar-refractivity contribution in [2.75, 3.05) is 13.7 Å². The Bertz CT molecular complexity index is 258. The van der Waals surface area contributed by atoms with Gasteiger partial charge < -0.3 is 4.74 Å². The SMILES string of the molecule is COCCCC(=O)C1C2C3CCC(C3)C12. The van der Waals surface area contributed by atoms with Crippen molar-refractivity contribution in [1.29, 1.82) is 0 Å². The molecule has 0 radical (unpaired) electrons. The summed E-state index contributed by atoms with van der Waals surface area (Å²) in [7, 11) is 1.70. The van der Waals surface area contributed by atoms with E-state index in [1.165, 1.54) is 19.3 Å². The number of rotatable bonds is 5. The molecular formula is C13H20O2. The average molecular weight is 208 g/mol. The molecule has 2 heteroatoms. The quantitative estimate of drug-likeness (QED) is 0.648. The Morgan fingerprint density at radius 3 is 2.53 bits per heavy atom. The van der Waals surface area contributed by atoms with Crippen LogP contribution in [0.5, 0.6) is 0 Å². The van der Waals surface area contributed by atoms with Crippen LogP contribution in [0.25, 0.3) is 0 Å². The largest absolute Gasteiger partial charge is 0.385 e. The van der Waals surface area contributed by atoms with Gasteiger partial charge in [-0.3, -0.25) is 4.79 Å². The lowest BCUT2D eigenvalue weighted by Gasteiger charge is -2.07. The van der Waals surface area contributed by atoms with Crippen molar-refractivity contribution in [2.45, 2.75) is 32.1 Å². The molecule has 15 heavy (non-hydrogen) atoms. The fourth-order valence-electron chi connectivity index (χ4n) is 4.31. The van der Waals surface area contributed by atoms with E-state index in [4.69, 9.17) is 4.74 Å². The van der Waals surface area contributed by atoms with E-state index in [-0.39, 0.29) is 0 Å². The van der Waals surface area contributed by atoms with Gasteiger partial charge in [0.1, 0.15) is 5.78 Å². The molecule has 2 nitrogen and oxygen atoms in total. The number of carbonyl (C=O) groups is 1. The highest BCUT2D eigenvalue weighted by Gasteiger charge is 2.66. The highest BCUT2D eigenvalue weighted by atomic mass is 16.5. The van der Waals surface area contributed by atoms with E-state index < -0.39 is 0 Å². The zero-order chi connectivity index (χ0) is 10.4. The van der Waals surface area contributed by atoms with E-state index >= 15 is 0 Å². The van der Waals surface area contributed by atoms with Gasteiger partial charge in [0.05, 0.1) is 0 Å². The molecule has 0 amide bonds. The molecule has 4 atom stereocenters. The average Bonchev–Trinajstić information content (AvgIpc) is 2.68. The summed E-state index contributed by atoms with van der Waals surface area (Å²) in [5, 5.41) is 0. The minimum atomic E-state index is 0.480. The molecule has 2 bridgehead atoms. The topological polar surface area (TPSA) is 26.3 Å². The number of hydrogen-bond donors (Lipinski definition) is 0. The third-order valence-electron chi connectivity index (χ3n) is 4.88. The molecule has 84 valence electrons. The van der Waals surface area contributed by atoms with Crippen molar-refractivity contribution in [3.8, 4) is 0 Å². The smallest absolute Gasteiger partial charge is 0.136 e. The maximum absolute atomic E-state index is 12.0. The Balaban J connectivity index is 1.52. The monoisotopic (exact) mass is 208 g/mol. The number of carbonyl (C=O) groups excluding carboxylic acids is 1. The molecule has 0 aromatic rings. The number of Topliss-reactive ketones (excluding diaryl/α,β-unsaturated/α-hetero) is 1. The van der Waals surface area contributed by atoms with Crippen LogP contribution in [0.2, 0.25) is 0 Å². The van der Waals surface area contributed by atoms with Crippen LogP contribution >= 0.6 is 0 Å². The first-order valence-electron chi connectivity index (χ1n) is 6.34. The van der Waals surface area contributed by atoms with Gasteiger partial charge in [-0.25, -0.2) is 0 Å². The summed E-state index contributed by atoms with van der Waals surface area (Å²) in [5.74, 6) is 4.51. The first kappa shape index (κ1) is 9.83. The van der Waals surface area contributed by atoms with Crippen LogP contribution in [0.4, 0.5) is 0 Å². The van der Waals surface area contributed by atoms with Gasteiger partial charge in [-0.15, -0.1) is 0 Å². The molecule has 0 aliphatic heterocycles. The Morgan fingerprint density at radius 1 is 1.27 bits per heavy atom. The highest BCUT2D eigenvalue weighted by Crippen LogP contribution is 2.69. The minimum Gasteiger partial charge on any atom is -0.385 e. The molecule has 0 spiro atoms. The lowest BCUT2D eigenvalue weighted by atomic mass is 9.98. The summed E-state index contributed by atoms with van der Waals surface area (Å²) in [6, 6.07) is 0. The predicted molar refractivity (Wildman–Crippen MR) is 57.4 cm³/mol. The van der Waals surface area contributed by atoms with Crippen LogP contribution in [0, 0.1) is 29.6 Å². The van der Waals surface area contributed by atoms with E-state index in [1.54, 1.807) is 7.11 Å². The van der Waals surface area contributed by atoms with Crippen LogP contribution in [0.1, 0.15) is 32.1 Å². The first-order chi connectivity index (χ1) is 7.33. The molecule has 0 aromatic carbocycles. The van der Waals surface area contributed by atoms with Crippen molar-refractivity contribution in [2.24, 2.45) is 29.6 Å². The number of methoxy groups -OCH3 is 1. The number of ether oxygens (including phenoxy) is 1. The first-order valence-corrected chi connectivity index (χ1v) is 6.34. The molecule has 0 aromatic heterocycles. The molecule has 3 rings (SSSR count). The maximum Gasteiger partial charge on any atom is 0.136 e. The predicted octanol–water partition coefficient (Wildman–Crippen LogP) is 2.27. The molecule has 4 unspecified atom stereocenters. The summed E-state index contributed by atoms with van der Waals surface area (Å²) < 4.78 is 4.99. The lowest BCUT2D eigenvalue weighted by Crippen LogP contribution is -2.10. The fraction of sp³-hybridized carbons (Fsp3) is 0.923. The van der Waals surface area contributed by atoms with Crippen LogP contribution in [0.3, 0.4) is 0 Å². The standard InChI is InChI=1S/C13H20O2/c1-15-6-2-3-10(14)13-11-8-4-5-9(7-8)12(11)13/h8-9,11-13H,2-7H2,1H3. The van der Waals surface area contributed by atoms with E-state index in [0.29, 0.717) is 11.7 Å². The van der Waals surface area contributed by atoms with E-state index in [9.17, 15) is 4.79 Å². The van der Waals surface area contributed by atoms with Crippen molar-refractivity contribution in [3.63, 3.8) is 0 Å². The molecule has 3 saturated carbocycles. The fourth-order valence-corrected chi connectivity index (χ4v) is 4.31. The summed E-state index contributed by atoms with van der Waals surface area (Å²) in [5.41, 5.74) is 0. The summed E-state index contributed by atoms with van der Waals surface area (Å²) in [6.07, 6.45) is 5.93. The molecule has 3 aliphatic carbocycles. The summed E-state index contributed by atoms with van der Waals surface area (Å²) in [6.45, 7) is 0.737. The highest BCUT2D eigenvalue weighted by molar-refractivity contribution is 5.84. The third kappa shape index (κ3) is 1.45. The summed E-state index contributed by atoms with van der Waals surface area (Å²) >= 11 is 0. The van der Waals surface area contributed by atoms with Crippen LogP contribution in [-0.4, -0.2) is 19.5 Å². The lowest BCUT2D eigenvalue weighted by molar-refractivity contribution is -0.121. The number of hydrogen-bond acceptors (Lipinski definition) is 2. The van der Waals surface area contributed by atoms with Crippen LogP contribution in [-0.2, 0) is 9.53 Å². The van der Waals surface area contributed by atoms with Crippen LogP contribution in [0.15, 0.2) is 0 Å². The Morgan fingerprint density at radius 2 is 1.93 bits per heavy atom. The van der Waals surface area contributed by atoms with Gasteiger partial charge in [0.2, 0.25) is 0 Å². The van der Waals surface area contributed by atoms with Gasteiger partial charge in [0, 0.05) is 26.1 Å². The molecule has 3 aliphatic rings. The van der Waals surface area contributed by atoms with E-state index in [1.807, 2.05) is 0 Å². The van der Waals surface area contributed by atoms with Crippen LogP contribution < -0.4 is 0 Å². The van der Waals surface area contributed by atoms with Gasteiger partial charge in [-0.05, 0) is 49.4 Å². The Kier molecular flexibility index (Phi) is 2.35. The van der Waals surface area contributed by atoms with E-state index in [0.717, 1.165) is 43.1 Å². The Hall–Kier alpha value is -0.370. The van der Waals surface area contributed by atoms with Gasteiger partial charge >= 0.3 is 0 Å². The van der Waals surface area contributed by atoms with Crippen molar-refractivity contribution in [3.05, 3.63) is 0 Å². The molecule has 0 heterocycles. The second-order valence-electron chi connectivity index (χ2n) is 5.58. The van der Waals surface area contributed by atoms with E-state index in [2.05, 4.69) is 0 Å². The van der Waals surface area contributed by atoms with Crippen molar-refractivity contribution >= 4 is 5.78 Å². The maximum atomic E-state index is 12.0. The number of ketones is 1. The van der Waals surface area contributed by atoms with Crippen molar-refractivity contribution < 1.29 is 9.53 Å².